The van der Waals surface area contributed by atoms with Crippen molar-refractivity contribution in [3.63, 3.8) is 0 Å². The molecule has 0 radical (unpaired) electrons. The van der Waals surface area contributed by atoms with Gasteiger partial charge in [0.25, 0.3) is 0 Å². The highest BCUT2D eigenvalue weighted by Crippen LogP contribution is 2.69. The van der Waals surface area contributed by atoms with Crippen LogP contribution in [0.25, 0.3) is 0 Å². The molecule has 4 saturated carbocycles. The molecular formula is C51H96N4O4S. The number of thiol groups is 1. The third kappa shape index (κ3) is 14.5. The van der Waals surface area contributed by atoms with Crippen LogP contribution in [-0.4, -0.2) is 93.8 Å². The molecule has 0 bridgehead atoms. The lowest BCUT2D eigenvalue weighted by Crippen LogP contribution is -2.63. The fourth-order valence-corrected chi connectivity index (χ4v) is 13.5. The molecule has 0 aliphatic heterocycles. The van der Waals surface area contributed by atoms with Crippen LogP contribution < -0.4 is 17.2 Å². The van der Waals surface area contributed by atoms with Gasteiger partial charge in [0.2, 0.25) is 0 Å². The Kier molecular flexibility index (Phi) is 24.1. The Morgan fingerprint density at radius 3 is 2.27 bits per heavy atom. The first-order chi connectivity index (χ1) is 29.1. The molecule has 0 heterocycles. The number of hydrogen-bond acceptors (Lipinski definition) is 9. The van der Waals surface area contributed by atoms with Crippen LogP contribution in [0.15, 0.2) is 12.7 Å². The van der Waals surface area contributed by atoms with E-state index in [-0.39, 0.29) is 35.0 Å². The highest BCUT2D eigenvalue weighted by Gasteiger charge is 2.66. The van der Waals surface area contributed by atoms with Crippen molar-refractivity contribution in [3.05, 3.63) is 12.7 Å². The van der Waals surface area contributed by atoms with Crippen molar-refractivity contribution in [2.24, 2.45) is 69.5 Å². The van der Waals surface area contributed by atoms with Crippen LogP contribution in [-0.2, 0) is 19.0 Å². The largest absolute Gasteiger partial charge is 0.378 e. The molecule has 0 aromatic heterocycles. The van der Waals surface area contributed by atoms with Gasteiger partial charge in [-0.2, -0.15) is 12.6 Å². The molecule has 9 heteroatoms. The summed E-state index contributed by atoms with van der Waals surface area (Å²) in [6, 6.07) is 0.0972. The van der Waals surface area contributed by atoms with Crippen molar-refractivity contribution in [1.29, 1.82) is 0 Å². The van der Waals surface area contributed by atoms with Crippen molar-refractivity contribution in [1.82, 2.24) is 4.90 Å². The second-order valence-corrected chi connectivity index (χ2v) is 21.2. The Labute approximate surface area is 375 Å². The molecule has 4 aliphatic rings. The first-order valence-corrected chi connectivity index (χ1v) is 26.1. The van der Waals surface area contributed by atoms with E-state index in [1.54, 1.807) is 0 Å². The average Bonchev–Trinajstić information content (AvgIpc) is 3.60. The summed E-state index contributed by atoms with van der Waals surface area (Å²) < 4.78 is 20.7. The van der Waals surface area contributed by atoms with E-state index in [9.17, 15) is 4.79 Å². The molecule has 8 nitrogen and oxygen atoms in total. The van der Waals surface area contributed by atoms with E-state index in [0.29, 0.717) is 54.7 Å². The Bertz CT molecular complexity index is 1180. The Morgan fingerprint density at radius 1 is 0.817 bits per heavy atom. The van der Waals surface area contributed by atoms with Crippen LogP contribution in [0, 0.1) is 52.3 Å². The van der Waals surface area contributed by atoms with E-state index >= 15 is 0 Å². The minimum Gasteiger partial charge on any atom is -0.378 e. The van der Waals surface area contributed by atoms with Crippen LogP contribution in [0.1, 0.15) is 169 Å². The van der Waals surface area contributed by atoms with Gasteiger partial charge in [-0.25, -0.2) is 0 Å². The van der Waals surface area contributed by atoms with Crippen LogP contribution >= 0.6 is 12.6 Å². The molecule has 8 unspecified atom stereocenters. The molecular weight excluding hydrogens is 765 g/mol. The third-order valence-electron chi connectivity index (χ3n) is 16.7. The van der Waals surface area contributed by atoms with E-state index in [2.05, 4.69) is 51.8 Å². The topological polar surface area (TPSA) is 126 Å². The maximum Gasteiger partial charge on any atom is 0.124 e. The van der Waals surface area contributed by atoms with Crippen LogP contribution in [0.4, 0.5) is 0 Å². The normalized spacial score (nSPS) is 32.9. The van der Waals surface area contributed by atoms with Crippen LogP contribution in [0.2, 0.25) is 0 Å². The number of carbonyl (C=O) groups is 1. The van der Waals surface area contributed by atoms with Crippen molar-refractivity contribution in [2.45, 2.75) is 193 Å². The van der Waals surface area contributed by atoms with Gasteiger partial charge in [-0.15, -0.1) is 6.58 Å². The number of unbranched alkanes of at least 4 members (excludes halogenated alkanes) is 6. The lowest BCUT2D eigenvalue weighted by Gasteiger charge is -2.65. The molecule has 6 N–H and O–H groups in total. The van der Waals surface area contributed by atoms with Crippen molar-refractivity contribution >= 4 is 18.9 Å². The number of nitrogens with zero attached hydrogens (tertiary/aromatic N) is 1. The number of ether oxygens (including phenoxy) is 3. The quantitative estimate of drug-likeness (QED) is 0.0223. The molecule has 0 saturated heterocycles. The van der Waals surface area contributed by atoms with Gasteiger partial charge in [-0.05, 0) is 176 Å². The number of nitrogens with two attached hydrogens (primary N) is 3. The van der Waals surface area contributed by atoms with Gasteiger partial charge < -0.3 is 41.1 Å². The predicted molar refractivity (Wildman–Crippen MR) is 255 cm³/mol. The van der Waals surface area contributed by atoms with Crippen molar-refractivity contribution < 1.29 is 19.0 Å². The molecule has 4 aliphatic carbocycles. The summed E-state index contributed by atoms with van der Waals surface area (Å²) in [5, 5.41) is 0. The van der Waals surface area contributed by atoms with Gasteiger partial charge in [-0.3, -0.25) is 0 Å². The first-order valence-electron chi connectivity index (χ1n) is 25.5. The van der Waals surface area contributed by atoms with E-state index in [1.807, 2.05) is 6.08 Å². The predicted octanol–water partition coefficient (Wildman–Crippen LogP) is 10.0. The standard InChI is InChI=1S/C51H96N4O4S/c1-6-8-9-10-11-13-28-55(37-40(38-56)20-12-14-33-60)29-15-19-39(3)44-21-22-45-49-46(36-48(51(44,45)5)59-31-17-27-53)50(4)25-23-43(57-30-16-26-52)34-41(50)35-47(49)58-32-24-42(54)18-7-2/h7,38-49,60H,2,6,8-37,52-54H2,1,3-5H3/t39?,40?,41?,42?,43-,44?,45+,46+,47-,48+,49?,50?,51?/m1/s1. The van der Waals surface area contributed by atoms with E-state index in [0.717, 1.165) is 116 Å². The zero-order chi connectivity index (χ0) is 43.4. The number of carbonyl (C=O) groups excluding carboxylic acids is 1. The molecule has 4 rings (SSSR count). The number of aldehydes is 1. The molecule has 350 valence electrons. The van der Waals surface area contributed by atoms with Gasteiger partial charge >= 0.3 is 0 Å². The van der Waals surface area contributed by atoms with Gasteiger partial charge in [0.15, 0.2) is 0 Å². The van der Waals surface area contributed by atoms with Gasteiger partial charge in [0.05, 0.1) is 18.3 Å². The lowest BCUT2D eigenvalue weighted by atomic mass is 9.43. The lowest BCUT2D eigenvalue weighted by molar-refractivity contribution is -0.227. The van der Waals surface area contributed by atoms with E-state index in [4.69, 9.17) is 31.4 Å². The van der Waals surface area contributed by atoms with Crippen LogP contribution in [0.3, 0.4) is 0 Å². The Balaban J connectivity index is 1.53. The summed E-state index contributed by atoms with van der Waals surface area (Å²) >= 11 is 4.42. The molecule has 0 spiro atoms. The molecule has 0 amide bonds. The van der Waals surface area contributed by atoms with Gasteiger partial charge in [0.1, 0.15) is 6.29 Å². The molecule has 0 aromatic rings. The Morgan fingerprint density at radius 2 is 1.55 bits per heavy atom. The summed E-state index contributed by atoms with van der Waals surface area (Å²) in [6.07, 6.45) is 29.2. The summed E-state index contributed by atoms with van der Waals surface area (Å²) in [4.78, 5) is 14.9. The fourth-order valence-electron chi connectivity index (χ4n) is 13.3. The SMILES string of the molecule is C=CCC(N)CCO[C@@H]1CC2C[C@H](OCCCN)CCC2(C)[C@H]2C[C@H](OCCCN)C3(C)C(C(C)CCCN(CCCCCCCC)CC(C=O)CCCCS)CC[C@H]3C12. The summed E-state index contributed by atoms with van der Waals surface area (Å²) in [6.45, 7) is 20.8. The van der Waals surface area contributed by atoms with Gasteiger partial charge in [-0.1, -0.05) is 72.3 Å². The molecule has 60 heavy (non-hydrogen) atoms. The van der Waals surface area contributed by atoms with E-state index < -0.39 is 0 Å². The van der Waals surface area contributed by atoms with Crippen LogP contribution in [0.5, 0.6) is 0 Å². The minimum atomic E-state index is 0.0928. The first kappa shape index (κ1) is 52.1. The molecule has 0 aromatic carbocycles. The number of hydrogen-bond donors (Lipinski definition) is 4. The third-order valence-corrected chi connectivity index (χ3v) is 17.0. The Hall–Kier alpha value is -0.520. The van der Waals surface area contributed by atoms with Crippen molar-refractivity contribution in [3.8, 4) is 0 Å². The zero-order valence-corrected chi connectivity index (χ0v) is 40.3. The van der Waals surface area contributed by atoms with E-state index in [1.165, 1.54) is 76.9 Å². The smallest absolute Gasteiger partial charge is 0.124 e. The summed E-state index contributed by atoms with van der Waals surface area (Å²) in [5.74, 6) is 4.49. The minimum absolute atomic E-state index is 0.0928. The highest BCUT2D eigenvalue weighted by molar-refractivity contribution is 7.80. The van der Waals surface area contributed by atoms with Gasteiger partial charge in [0, 0.05) is 43.7 Å². The average molecular weight is 861 g/mol. The monoisotopic (exact) mass is 861 g/mol. The molecule has 13 atom stereocenters. The fraction of sp³-hybridized carbons (Fsp3) is 0.941. The summed E-state index contributed by atoms with van der Waals surface area (Å²) in [5.41, 5.74) is 18.8. The zero-order valence-electron chi connectivity index (χ0n) is 39.4. The summed E-state index contributed by atoms with van der Waals surface area (Å²) in [7, 11) is 0. The number of fused-ring (bicyclic) bond motifs is 5. The maximum atomic E-state index is 12.2. The number of rotatable bonds is 33. The second-order valence-electron chi connectivity index (χ2n) is 20.7. The molecule has 4 fully saturated rings. The second kappa shape index (κ2) is 27.7. The maximum absolute atomic E-state index is 12.2. The van der Waals surface area contributed by atoms with Crippen molar-refractivity contribution in [2.75, 3.05) is 58.3 Å². The highest BCUT2D eigenvalue weighted by atomic mass is 32.1.